The Balaban J connectivity index is 1.78. The predicted octanol–water partition coefficient (Wildman–Crippen LogP) is 3.62. The fraction of sp³-hybridized carbons (Fsp3) is 0.435. The van der Waals surface area contributed by atoms with Crippen molar-refractivity contribution in [2.24, 2.45) is 5.92 Å². The maximum atomic E-state index is 13.0. The summed E-state index contributed by atoms with van der Waals surface area (Å²) in [6.07, 6.45) is 3.38. The Morgan fingerprint density at radius 2 is 1.77 bits per heavy atom. The van der Waals surface area contributed by atoms with E-state index in [2.05, 4.69) is 10.3 Å². The van der Waals surface area contributed by atoms with Gasteiger partial charge in [0.25, 0.3) is 5.91 Å². The summed E-state index contributed by atoms with van der Waals surface area (Å²) in [6.45, 7) is 2.12. The molecule has 2 atom stereocenters. The van der Waals surface area contributed by atoms with Crippen LogP contribution in [0.4, 0.5) is 0 Å². The number of esters is 1. The van der Waals surface area contributed by atoms with Gasteiger partial charge >= 0.3 is 5.97 Å². The van der Waals surface area contributed by atoms with Crippen molar-refractivity contribution in [3.8, 4) is 22.9 Å². The molecule has 7 nitrogen and oxygen atoms in total. The van der Waals surface area contributed by atoms with E-state index in [0.29, 0.717) is 17.9 Å². The monoisotopic (exact) mass is 412 g/mol. The number of aromatic nitrogens is 1. The number of pyridine rings is 1. The first kappa shape index (κ1) is 21.6. The second-order valence-electron chi connectivity index (χ2n) is 7.20. The summed E-state index contributed by atoms with van der Waals surface area (Å²) < 4.78 is 15.8. The average molecular weight is 412 g/mol. The number of rotatable bonds is 7. The lowest BCUT2D eigenvalue weighted by Gasteiger charge is -2.30. The number of hydrogen-bond donors (Lipinski definition) is 1. The molecule has 1 amide bonds. The van der Waals surface area contributed by atoms with Crippen LogP contribution in [0.25, 0.3) is 11.3 Å². The van der Waals surface area contributed by atoms with E-state index in [0.717, 1.165) is 37.0 Å². The van der Waals surface area contributed by atoms with Crippen molar-refractivity contribution in [2.75, 3.05) is 20.8 Å². The first-order valence-electron chi connectivity index (χ1n) is 10.2. The average Bonchev–Trinajstić information content (AvgIpc) is 2.79. The van der Waals surface area contributed by atoms with E-state index in [9.17, 15) is 9.59 Å². The van der Waals surface area contributed by atoms with E-state index in [1.807, 2.05) is 24.3 Å². The third kappa shape index (κ3) is 4.90. The molecule has 1 heterocycles. The Morgan fingerprint density at radius 1 is 1.03 bits per heavy atom. The fourth-order valence-corrected chi connectivity index (χ4v) is 3.77. The molecule has 1 fully saturated rings. The summed E-state index contributed by atoms with van der Waals surface area (Å²) in [5, 5.41) is 3.00. The molecule has 0 saturated heterocycles. The Labute approximate surface area is 176 Å². The molecular weight excluding hydrogens is 384 g/mol. The summed E-state index contributed by atoms with van der Waals surface area (Å²) in [6, 6.07) is 10.7. The van der Waals surface area contributed by atoms with E-state index in [4.69, 9.17) is 14.2 Å². The zero-order chi connectivity index (χ0) is 21.5. The quantitative estimate of drug-likeness (QED) is 0.699. The smallest absolute Gasteiger partial charge is 0.311 e. The Morgan fingerprint density at radius 3 is 2.43 bits per heavy atom. The first-order valence-corrected chi connectivity index (χ1v) is 10.2. The molecule has 0 bridgehead atoms. The molecule has 0 spiro atoms. The summed E-state index contributed by atoms with van der Waals surface area (Å²) in [4.78, 5) is 29.7. The summed E-state index contributed by atoms with van der Waals surface area (Å²) in [7, 11) is 3.10. The molecule has 30 heavy (non-hydrogen) atoms. The van der Waals surface area contributed by atoms with Gasteiger partial charge in [0.15, 0.2) is 0 Å². The van der Waals surface area contributed by atoms with E-state index in [1.165, 1.54) is 7.11 Å². The van der Waals surface area contributed by atoms with E-state index in [-0.39, 0.29) is 29.7 Å². The molecule has 0 radical (unpaired) electrons. The van der Waals surface area contributed by atoms with Crippen molar-refractivity contribution < 1.29 is 23.8 Å². The van der Waals surface area contributed by atoms with Gasteiger partial charge in [0.2, 0.25) is 5.88 Å². The van der Waals surface area contributed by atoms with Gasteiger partial charge in [0.05, 0.1) is 32.4 Å². The summed E-state index contributed by atoms with van der Waals surface area (Å²) >= 11 is 0. The Bertz CT molecular complexity index is 882. The van der Waals surface area contributed by atoms with Gasteiger partial charge in [-0.15, -0.1) is 0 Å². The SMILES string of the molecule is CCOC(=O)[C@@H]1CCCC[C@@H]1NC(=O)c1ccc(-c2ccc(OC)cc2)nc1OC. The second-order valence-corrected chi connectivity index (χ2v) is 7.20. The molecule has 0 unspecified atom stereocenters. The maximum Gasteiger partial charge on any atom is 0.311 e. The van der Waals surface area contributed by atoms with Crippen LogP contribution in [0.5, 0.6) is 11.6 Å². The maximum absolute atomic E-state index is 13.0. The summed E-state index contributed by atoms with van der Waals surface area (Å²) in [5.74, 6) is 0.124. The standard InChI is InChI=1S/C23H28N2O5/c1-4-30-23(27)17-7-5-6-8-20(17)24-21(26)18-13-14-19(25-22(18)29-3)15-9-11-16(28-2)12-10-15/h9-14,17,20H,4-8H2,1-3H3,(H,24,26)/t17-,20+/m1/s1. The molecular formula is C23H28N2O5. The largest absolute Gasteiger partial charge is 0.497 e. The van der Waals surface area contributed by atoms with Crippen molar-refractivity contribution in [1.29, 1.82) is 0 Å². The van der Waals surface area contributed by atoms with Crippen LogP contribution in [0.1, 0.15) is 43.0 Å². The number of carbonyl (C=O) groups excluding carboxylic acids is 2. The highest BCUT2D eigenvalue weighted by Crippen LogP contribution is 2.28. The first-order chi connectivity index (χ1) is 14.6. The molecule has 1 aliphatic rings. The normalized spacial score (nSPS) is 18.4. The molecule has 2 aromatic rings. The Hall–Kier alpha value is -3.09. The number of nitrogens with zero attached hydrogens (tertiary/aromatic N) is 1. The number of methoxy groups -OCH3 is 2. The van der Waals surface area contributed by atoms with Crippen molar-refractivity contribution in [1.82, 2.24) is 10.3 Å². The van der Waals surface area contributed by atoms with E-state index >= 15 is 0 Å². The zero-order valence-electron chi connectivity index (χ0n) is 17.6. The minimum Gasteiger partial charge on any atom is -0.497 e. The number of hydrogen-bond acceptors (Lipinski definition) is 6. The lowest BCUT2D eigenvalue weighted by atomic mass is 9.84. The lowest BCUT2D eigenvalue weighted by molar-refractivity contribution is -0.150. The van der Waals surface area contributed by atoms with Crippen LogP contribution in [-0.4, -0.2) is 43.7 Å². The molecule has 1 N–H and O–H groups in total. The topological polar surface area (TPSA) is 86.8 Å². The number of nitrogens with one attached hydrogen (secondary N) is 1. The van der Waals surface area contributed by atoms with Crippen LogP contribution < -0.4 is 14.8 Å². The molecule has 1 aliphatic carbocycles. The molecule has 3 rings (SSSR count). The van der Waals surface area contributed by atoms with Gasteiger partial charge in [-0.1, -0.05) is 12.8 Å². The van der Waals surface area contributed by atoms with Gasteiger partial charge in [-0.2, -0.15) is 0 Å². The van der Waals surface area contributed by atoms with Crippen molar-refractivity contribution in [3.63, 3.8) is 0 Å². The highest BCUT2D eigenvalue weighted by molar-refractivity contribution is 5.97. The minimum atomic E-state index is -0.319. The third-order valence-corrected chi connectivity index (χ3v) is 5.36. The second kappa shape index (κ2) is 10.1. The van der Waals surface area contributed by atoms with Crippen LogP contribution in [0, 0.1) is 5.92 Å². The molecule has 0 aliphatic heterocycles. The van der Waals surface area contributed by atoms with Gasteiger partial charge in [-0.05, 0) is 56.2 Å². The van der Waals surface area contributed by atoms with Crippen LogP contribution in [0.2, 0.25) is 0 Å². The van der Waals surface area contributed by atoms with Gasteiger partial charge in [0.1, 0.15) is 11.3 Å². The van der Waals surface area contributed by atoms with Gasteiger partial charge < -0.3 is 19.5 Å². The van der Waals surface area contributed by atoms with Crippen LogP contribution in [0.15, 0.2) is 36.4 Å². The molecule has 1 aromatic carbocycles. The number of ether oxygens (including phenoxy) is 3. The predicted molar refractivity (Wildman–Crippen MR) is 113 cm³/mol. The molecule has 160 valence electrons. The van der Waals surface area contributed by atoms with Crippen LogP contribution in [-0.2, 0) is 9.53 Å². The molecule has 1 aromatic heterocycles. The van der Waals surface area contributed by atoms with Gasteiger partial charge in [-0.25, -0.2) is 4.98 Å². The highest BCUT2D eigenvalue weighted by Gasteiger charge is 2.33. The van der Waals surface area contributed by atoms with Gasteiger partial charge in [0, 0.05) is 11.6 Å². The highest BCUT2D eigenvalue weighted by atomic mass is 16.5. The fourth-order valence-electron chi connectivity index (χ4n) is 3.77. The lowest BCUT2D eigenvalue weighted by Crippen LogP contribution is -2.45. The van der Waals surface area contributed by atoms with E-state index < -0.39 is 0 Å². The Kier molecular flexibility index (Phi) is 7.27. The van der Waals surface area contributed by atoms with Crippen molar-refractivity contribution in [2.45, 2.75) is 38.6 Å². The molecule has 1 saturated carbocycles. The number of benzene rings is 1. The van der Waals surface area contributed by atoms with E-state index in [1.54, 1.807) is 26.2 Å². The number of carbonyl (C=O) groups is 2. The van der Waals surface area contributed by atoms with Crippen LogP contribution >= 0.6 is 0 Å². The third-order valence-electron chi connectivity index (χ3n) is 5.36. The van der Waals surface area contributed by atoms with Crippen molar-refractivity contribution in [3.05, 3.63) is 42.0 Å². The van der Waals surface area contributed by atoms with Crippen molar-refractivity contribution >= 4 is 11.9 Å². The van der Waals surface area contributed by atoms with Gasteiger partial charge in [-0.3, -0.25) is 9.59 Å². The minimum absolute atomic E-state index is 0.240. The van der Waals surface area contributed by atoms with Crippen LogP contribution in [0.3, 0.4) is 0 Å². The zero-order valence-corrected chi connectivity index (χ0v) is 17.6. The molecule has 7 heteroatoms. The number of amides is 1. The summed E-state index contributed by atoms with van der Waals surface area (Å²) in [5.41, 5.74) is 1.91.